The number of carbonyl (C=O) groups is 1. The molecule has 7 heteroatoms. The molecule has 0 unspecified atom stereocenters. The highest BCUT2D eigenvalue weighted by Crippen LogP contribution is 2.29. The molecule has 1 N–H and O–H groups in total. The second kappa shape index (κ2) is 7.91. The van der Waals surface area contributed by atoms with Crippen molar-refractivity contribution in [3.05, 3.63) is 18.1 Å². The van der Waals surface area contributed by atoms with E-state index in [0.29, 0.717) is 19.0 Å². The molecule has 3 rings (SSSR count). The molecule has 0 spiro atoms. The van der Waals surface area contributed by atoms with Crippen LogP contribution in [0, 0.1) is 5.92 Å². The molecular formula is C18H28N6O. The fourth-order valence-electron chi connectivity index (χ4n) is 3.60. The van der Waals surface area contributed by atoms with E-state index < -0.39 is 0 Å². The number of fused-ring (bicyclic) bond motifs is 1. The molecule has 1 aliphatic heterocycles. The lowest BCUT2D eigenvalue weighted by Gasteiger charge is -2.12. The Balaban J connectivity index is 1.72. The first kappa shape index (κ1) is 17.8. The largest absolute Gasteiger partial charge is 0.354 e. The van der Waals surface area contributed by atoms with Crippen LogP contribution in [0.3, 0.4) is 0 Å². The summed E-state index contributed by atoms with van der Waals surface area (Å²) < 4.78 is 1.89. The van der Waals surface area contributed by atoms with Crippen LogP contribution in [0.2, 0.25) is 0 Å². The summed E-state index contributed by atoms with van der Waals surface area (Å²) in [5, 5.41) is 7.83. The summed E-state index contributed by atoms with van der Waals surface area (Å²) in [4.78, 5) is 23.4. The maximum absolute atomic E-state index is 12.1. The van der Waals surface area contributed by atoms with E-state index in [1.54, 1.807) is 12.4 Å². The molecule has 0 saturated carbocycles. The third-order valence-electron chi connectivity index (χ3n) is 5.15. The van der Waals surface area contributed by atoms with Crippen molar-refractivity contribution in [2.45, 2.75) is 45.6 Å². The summed E-state index contributed by atoms with van der Waals surface area (Å²) in [7, 11) is 2.14. The molecule has 2 aromatic rings. The Morgan fingerprint density at radius 2 is 2.08 bits per heavy atom. The highest BCUT2D eigenvalue weighted by atomic mass is 16.1. The molecule has 1 atom stereocenters. The first-order chi connectivity index (χ1) is 12.1. The van der Waals surface area contributed by atoms with Crippen LogP contribution in [-0.4, -0.2) is 57.2 Å². The fraction of sp³-hybridized carbons (Fsp3) is 0.667. The smallest absolute Gasteiger partial charge is 0.223 e. The van der Waals surface area contributed by atoms with Gasteiger partial charge in [-0.3, -0.25) is 4.79 Å². The molecule has 1 fully saturated rings. The molecule has 2 aromatic heterocycles. The minimum Gasteiger partial charge on any atom is -0.354 e. The number of likely N-dealkylation sites (tertiary alicyclic amines) is 1. The van der Waals surface area contributed by atoms with Crippen molar-refractivity contribution in [3.8, 4) is 0 Å². The molecule has 0 radical (unpaired) electrons. The maximum atomic E-state index is 12.1. The minimum atomic E-state index is 0.0961. The van der Waals surface area contributed by atoms with Crippen LogP contribution < -0.4 is 5.32 Å². The van der Waals surface area contributed by atoms with Gasteiger partial charge in [0.15, 0.2) is 5.65 Å². The molecule has 25 heavy (non-hydrogen) atoms. The third kappa shape index (κ3) is 3.81. The van der Waals surface area contributed by atoms with Gasteiger partial charge in [-0.2, -0.15) is 5.10 Å². The van der Waals surface area contributed by atoms with E-state index in [1.165, 1.54) is 0 Å². The van der Waals surface area contributed by atoms with Crippen LogP contribution in [-0.2, 0) is 11.3 Å². The number of hydrogen-bond acceptors (Lipinski definition) is 5. The molecule has 0 aliphatic carbocycles. The molecule has 1 saturated heterocycles. The van der Waals surface area contributed by atoms with Gasteiger partial charge in [0.2, 0.25) is 5.91 Å². The van der Waals surface area contributed by atoms with Gasteiger partial charge < -0.3 is 10.2 Å². The van der Waals surface area contributed by atoms with E-state index in [-0.39, 0.29) is 11.8 Å². The zero-order chi connectivity index (χ0) is 17.8. The topological polar surface area (TPSA) is 75.9 Å². The van der Waals surface area contributed by atoms with Gasteiger partial charge in [0.05, 0.1) is 12.2 Å². The summed E-state index contributed by atoms with van der Waals surface area (Å²) in [5.41, 5.74) is 2.75. The van der Waals surface area contributed by atoms with Gasteiger partial charge in [-0.1, -0.05) is 13.8 Å². The van der Waals surface area contributed by atoms with Crippen molar-refractivity contribution in [3.63, 3.8) is 0 Å². The zero-order valence-electron chi connectivity index (χ0n) is 15.4. The van der Waals surface area contributed by atoms with E-state index in [1.807, 2.05) is 4.68 Å². The van der Waals surface area contributed by atoms with E-state index in [0.717, 1.165) is 49.2 Å². The summed E-state index contributed by atoms with van der Waals surface area (Å²) >= 11 is 0. The van der Waals surface area contributed by atoms with Gasteiger partial charge in [0, 0.05) is 37.3 Å². The molecule has 1 amide bonds. The monoisotopic (exact) mass is 344 g/mol. The lowest BCUT2D eigenvalue weighted by atomic mass is 10.0. The van der Waals surface area contributed by atoms with Crippen molar-refractivity contribution >= 4 is 17.1 Å². The number of hydrogen-bond donors (Lipinski definition) is 1. The molecule has 0 aromatic carbocycles. The quantitative estimate of drug-likeness (QED) is 0.829. The molecule has 136 valence electrons. The Kier molecular flexibility index (Phi) is 5.63. The fourth-order valence-corrected chi connectivity index (χ4v) is 3.60. The Labute approximate surface area is 148 Å². The predicted octanol–water partition coefficient (Wildman–Crippen LogP) is 1.80. The second-order valence-electron chi connectivity index (χ2n) is 6.89. The standard InChI is InChI=1S/C18H28N6O/c1-4-13(5-2)18(25)21-9-11-24-17-16(19-7-8-20-17)15(22-24)14-6-10-23(3)12-14/h7-8,13-14H,4-6,9-12H2,1-3H3,(H,21,25)/t14-/m0/s1. The number of aromatic nitrogens is 4. The Bertz CT molecular complexity index is 723. The van der Waals surface area contributed by atoms with Gasteiger partial charge in [-0.15, -0.1) is 0 Å². The first-order valence-electron chi connectivity index (χ1n) is 9.27. The third-order valence-corrected chi connectivity index (χ3v) is 5.15. The first-order valence-corrected chi connectivity index (χ1v) is 9.27. The minimum absolute atomic E-state index is 0.0961. The van der Waals surface area contributed by atoms with Gasteiger partial charge in [0.1, 0.15) is 5.52 Å². The molecule has 0 bridgehead atoms. The van der Waals surface area contributed by atoms with Gasteiger partial charge in [-0.25, -0.2) is 14.6 Å². The van der Waals surface area contributed by atoms with Crippen LogP contribution in [0.15, 0.2) is 12.4 Å². The lowest BCUT2D eigenvalue weighted by Crippen LogP contribution is -2.32. The van der Waals surface area contributed by atoms with E-state index in [2.05, 4.69) is 41.1 Å². The van der Waals surface area contributed by atoms with Gasteiger partial charge >= 0.3 is 0 Å². The highest BCUT2D eigenvalue weighted by Gasteiger charge is 2.27. The molecule has 3 heterocycles. The lowest BCUT2D eigenvalue weighted by molar-refractivity contribution is -0.125. The number of nitrogens with one attached hydrogen (secondary N) is 1. The van der Waals surface area contributed by atoms with E-state index in [4.69, 9.17) is 5.10 Å². The average molecular weight is 344 g/mol. The summed E-state index contributed by atoms with van der Waals surface area (Å²) in [6, 6.07) is 0. The normalized spacial score (nSPS) is 18.3. The summed E-state index contributed by atoms with van der Waals surface area (Å²) in [6.07, 6.45) is 6.28. The Morgan fingerprint density at radius 3 is 2.76 bits per heavy atom. The van der Waals surface area contributed by atoms with Crippen molar-refractivity contribution in [2.24, 2.45) is 5.92 Å². The van der Waals surface area contributed by atoms with Crippen molar-refractivity contribution in [2.75, 3.05) is 26.7 Å². The second-order valence-corrected chi connectivity index (χ2v) is 6.89. The van der Waals surface area contributed by atoms with Crippen molar-refractivity contribution < 1.29 is 4.79 Å². The maximum Gasteiger partial charge on any atom is 0.223 e. The van der Waals surface area contributed by atoms with Crippen LogP contribution in [0.4, 0.5) is 0 Å². The van der Waals surface area contributed by atoms with Crippen LogP contribution >= 0.6 is 0 Å². The Morgan fingerprint density at radius 1 is 1.32 bits per heavy atom. The molecular weight excluding hydrogens is 316 g/mol. The van der Waals surface area contributed by atoms with Crippen LogP contribution in [0.25, 0.3) is 11.2 Å². The number of nitrogens with zero attached hydrogens (tertiary/aromatic N) is 5. The zero-order valence-corrected chi connectivity index (χ0v) is 15.4. The SMILES string of the molecule is CCC(CC)C(=O)NCCn1nc([C@H]2CCN(C)C2)c2nccnc21. The number of rotatable bonds is 7. The number of carbonyl (C=O) groups excluding carboxylic acids is 1. The Hall–Kier alpha value is -2.02. The van der Waals surface area contributed by atoms with Gasteiger partial charge in [0.25, 0.3) is 0 Å². The summed E-state index contributed by atoms with van der Waals surface area (Å²) in [5.74, 6) is 0.633. The number of amides is 1. The van der Waals surface area contributed by atoms with Crippen molar-refractivity contribution in [1.82, 2.24) is 30.0 Å². The summed E-state index contributed by atoms with van der Waals surface area (Å²) in [6.45, 7) is 7.37. The molecule has 1 aliphatic rings. The average Bonchev–Trinajstić information content (AvgIpc) is 3.20. The van der Waals surface area contributed by atoms with E-state index in [9.17, 15) is 4.79 Å². The number of likely N-dealkylation sites (N-methyl/N-ethyl adjacent to an activating group) is 1. The van der Waals surface area contributed by atoms with Crippen molar-refractivity contribution in [1.29, 1.82) is 0 Å². The highest BCUT2D eigenvalue weighted by molar-refractivity contribution is 5.78. The molecule has 7 nitrogen and oxygen atoms in total. The van der Waals surface area contributed by atoms with Gasteiger partial charge in [-0.05, 0) is 32.9 Å². The van der Waals surface area contributed by atoms with Crippen LogP contribution in [0.1, 0.15) is 44.7 Å². The van der Waals surface area contributed by atoms with Crippen LogP contribution in [0.5, 0.6) is 0 Å². The predicted molar refractivity (Wildman–Crippen MR) is 97.3 cm³/mol. The van der Waals surface area contributed by atoms with E-state index >= 15 is 0 Å².